The molecule has 3 aliphatic rings. The van der Waals surface area contributed by atoms with E-state index in [1.54, 1.807) is 20.0 Å². The number of hydrogen-bond acceptors (Lipinski definition) is 12. The van der Waals surface area contributed by atoms with Crippen LogP contribution in [0.2, 0.25) is 0 Å². The smallest absolute Gasteiger partial charge is 0.352 e. The van der Waals surface area contributed by atoms with E-state index in [4.69, 9.17) is 5.73 Å². The number of carboxylic acid groups (broad SMARTS) is 1. The topological polar surface area (TPSA) is 204 Å². The Morgan fingerprint density at radius 1 is 1.28 bits per heavy atom. The molecule has 0 spiro atoms. The lowest BCUT2D eigenvalue weighted by molar-refractivity contribution is -0.150. The van der Waals surface area contributed by atoms with E-state index in [9.17, 15) is 29.5 Å². The molecule has 0 saturated carbocycles. The van der Waals surface area contributed by atoms with Gasteiger partial charge in [-0.15, -0.1) is 23.1 Å². The van der Waals surface area contributed by atoms with Crippen LogP contribution in [0.25, 0.3) is 0 Å². The van der Waals surface area contributed by atoms with Crippen LogP contribution in [-0.4, -0.2) is 83.3 Å². The molecule has 2 aromatic heterocycles. The number of nitrogens with two attached hydrogens (primary N) is 1. The van der Waals surface area contributed by atoms with Gasteiger partial charge in [0, 0.05) is 23.3 Å². The van der Waals surface area contributed by atoms with Crippen molar-refractivity contribution in [2.75, 3.05) is 22.9 Å². The van der Waals surface area contributed by atoms with Gasteiger partial charge in [-0.05, 0) is 31.9 Å². The first-order chi connectivity index (χ1) is 18.6. The normalized spacial score (nSPS) is 22.3. The highest BCUT2D eigenvalue weighted by Crippen LogP contribution is 2.41. The molecule has 3 aliphatic heterocycles. The first-order valence-electron chi connectivity index (χ1n) is 11.6. The highest BCUT2D eigenvalue weighted by Gasteiger charge is 2.54. The summed E-state index contributed by atoms with van der Waals surface area (Å²) in [6.07, 6.45) is 3.47. The monoisotopic (exact) mass is 570 g/mol. The Balaban J connectivity index is 1.35. The number of aromatic nitrogens is 3. The van der Waals surface area contributed by atoms with Gasteiger partial charge in [0.15, 0.2) is 16.7 Å². The maximum Gasteiger partial charge on any atom is 0.352 e. The van der Waals surface area contributed by atoms with Crippen molar-refractivity contribution in [3.63, 3.8) is 0 Å². The van der Waals surface area contributed by atoms with E-state index in [0.717, 1.165) is 21.9 Å². The van der Waals surface area contributed by atoms with Crippen LogP contribution < -0.4 is 16.0 Å². The molecule has 3 amide bonds. The average molecular weight is 571 g/mol. The van der Waals surface area contributed by atoms with E-state index in [2.05, 4.69) is 25.4 Å². The number of hydrogen-bond donors (Lipinski definition) is 4. The molecule has 14 nitrogen and oxygen atoms in total. The predicted octanol–water partition coefficient (Wildman–Crippen LogP) is 0.412. The fourth-order valence-electron chi connectivity index (χ4n) is 4.59. The zero-order chi connectivity index (χ0) is 28.0. The number of rotatable bonds is 6. The summed E-state index contributed by atoms with van der Waals surface area (Å²) in [5.74, 6) is -2.51. The molecule has 0 bridgehead atoms. The van der Waals surface area contributed by atoms with Gasteiger partial charge in [0.2, 0.25) is 0 Å². The molecule has 0 unspecified atom stereocenters. The quantitative estimate of drug-likeness (QED) is 0.123. The SMILES string of the molecule is Cc1cnc(N2CCC(=CC3=C(C(=O)O)N4C(=O)[C@@H](NC(=O)C(=NO)c5csc(N)n5)[C@H]4SC3)C2=O)c(C)n1. The standard InChI is InChI=1S/C23H22N8O6S2/c1-9-6-25-17(10(2)26-9)30-4-3-11(19(30)33)5-12-7-38-21-15(20(34)31(21)16(12)22(35)36)28-18(32)14(29-37)13-8-39-23(24)27-13/h5-6,8,15,21,37H,3-4,7H2,1-2H3,(H2,24,27)(H,28,32)(H,35,36)/t15-,21-/m1/s1. The summed E-state index contributed by atoms with van der Waals surface area (Å²) in [6.45, 7) is 3.93. The maximum atomic E-state index is 13.1. The van der Waals surface area contributed by atoms with Gasteiger partial charge in [0.05, 0.1) is 17.6 Å². The molecule has 2 fully saturated rings. The fourth-order valence-corrected chi connectivity index (χ4v) is 6.44. The second-order valence-electron chi connectivity index (χ2n) is 8.86. The van der Waals surface area contributed by atoms with E-state index in [1.807, 2.05) is 0 Å². The number of fused-ring (bicyclic) bond motifs is 1. The second-order valence-corrected chi connectivity index (χ2v) is 10.9. The molecule has 202 valence electrons. The van der Waals surface area contributed by atoms with Crippen LogP contribution in [0.15, 0.2) is 39.7 Å². The molecule has 2 aromatic rings. The van der Waals surface area contributed by atoms with Gasteiger partial charge in [-0.3, -0.25) is 29.2 Å². The van der Waals surface area contributed by atoms with Crippen molar-refractivity contribution in [3.05, 3.63) is 51.6 Å². The molecule has 16 heteroatoms. The number of oxime groups is 1. The summed E-state index contributed by atoms with van der Waals surface area (Å²) in [4.78, 5) is 66.3. The molecular weight excluding hydrogens is 548 g/mol. The first kappa shape index (κ1) is 26.3. The van der Waals surface area contributed by atoms with Crippen molar-refractivity contribution >= 4 is 63.5 Å². The number of thioether (sulfide) groups is 1. The number of β-lactam (4-membered cyclic amide) rings is 1. The fraction of sp³-hybridized carbons (Fsp3) is 0.304. The summed E-state index contributed by atoms with van der Waals surface area (Å²) in [5.41, 5.74) is 6.99. The number of aryl methyl sites for hydroxylation is 2. The van der Waals surface area contributed by atoms with Crippen LogP contribution in [0.4, 0.5) is 10.9 Å². The third-order valence-electron chi connectivity index (χ3n) is 6.34. The number of carbonyl (C=O) groups is 4. The minimum Gasteiger partial charge on any atom is -0.477 e. The Morgan fingerprint density at radius 3 is 2.69 bits per heavy atom. The number of carbonyl (C=O) groups excluding carboxylic acids is 3. The molecule has 5 rings (SSSR count). The zero-order valence-electron chi connectivity index (χ0n) is 20.6. The first-order valence-corrected chi connectivity index (χ1v) is 13.5. The third kappa shape index (κ3) is 4.61. The van der Waals surface area contributed by atoms with Crippen molar-refractivity contribution in [1.82, 2.24) is 25.2 Å². The third-order valence-corrected chi connectivity index (χ3v) is 8.31. The van der Waals surface area contributed by atoms with Gasteiger partial charge in [0.25, 0.3) is 17.7 Å². The number of aliphatic carboxylic acids is 1. The van der Waals surface area contributed by atoms with Crippen molar-refractivity contribution in [1.29, 1.82) is 0 Å². The number of nitrogens with one attached hydrogen (secondary N) is 1. The highest BCUT2D eigenvalue weighted by atomic mass is 32.2. The number of allylic oxidation sites excluding steroid dienone is 1. The van der Waals surface area contributed by atoms with E-state index >= 15 is 0 Å². The summed E-state index contributed by atoms with van der Waals surface area (Å²) in [6, 6.07) is -1.05. The van der Waals surface area contributed by atoms with Crippen LogP contribution in [0, 0.1) is 13.8 Å². The Morgan fingerprint density at radius 2 is 2.05 bits per heavy atom. The number of carboxylic acids is 1. The second kappa shape index (κ2) is 10.1. The molecule has 5 heterocycles. The molecule has 5 N–H and O–H groups in total. The van der Waals surface area contributed by atoms with Gasteiger partial charge in [-0.2, -0.15) is 0 Å². The number of nitrogens with zero attached hydrogens (tertiary/aromatic N) is 6. The van der Waals surface area contributed by atoms with Gasteiger partial charge >= 0.3 is 5.97 Å². The minimum absolute atomic E-state index is 0.0412. The zero-order valence-corrected chi connectivity index (χ0v) is 22.2. The number of thiazole rings is 1. The maximum absolute atomic E-state index is 13.1. The van der Waals surface area contributed by atoms with Gasteiger partial charge in [-0.1, -0.05) is 5.16 Å². The minimum atomic E-state index is -1.33. The van der Waals surface area contributed by atoms with Crippen LogP contribution in [0.1, 0.15) is 23.5 Å². The largest absolute Gasteiger partial charge is 0.477 e. The molecule has 0 aromatic carbocycles. The number of nitrogen functional groups attached to an aromatic ring is 1. The predicted molar refractivity (Wildman–Crippen MR) is 141 cm³/mol. The van der Waals surface area contributed by atoms with Crippen molar-refractivity contribution in [2.24, 2.45) is 5.16 Å². The molecule has 2 saturated heterocycles. The summed E-state index contributed by atoms with van der Waals surface area (Å²) < 4.78 is 0. The van der Waals surface area contributed by atoms with Crippen LogP contribution in [0.3, 0.4) is 0 Å². The summed E-state index contributed by atoms with van der Waals surface area (Å²) in [7, 11) is 0. The lowest BCUT2D eigenvalue weighted by atomic mass is 10.0. The highest BCUT2D eigenvalue weighted by molar-refractivity contribution is 8.00. The van der Waals surface area contributed by atoms with Crippen LogP contribution in [-0.2, 0) is 19.2 Å². The lowest BCUT2D eigenvalue weighted by Crippen LogP contribution is -2.71. The Kier molecular flexibility index (Phi) is 6.82. The van der Waals surface area contributed by atoms with Crippen molar-refractivity contribution in [2.45, 2.75) is 31.7 Å². The van der Waals surface area contributed by atoms with Crippen molar-refractivity contribution < 1.29 is 29.5 Å². The van der Waals surface area contributed by atoms with Crippen LogP contribution >= 0.6 is 23.1 Å². The van der Waals surface area contributed by atoms with E-state index in [1.165, 1.54) is 28.1 Å². The average Bonchev–Trinajstić information content (AvgIpc) is 3.48. The molecular formula is C23H22N8O6S2. The van der Waals surface area contributed by atoms with Crippen LogP contribution in [0.5, 0.6) is 0 Å². The molecule has 0 radical (unpaired) electrons. The molecule has 39 heavy (non-hydrogen) atoms. The Labute approximate surface area is 229 Å². The van der Waals surface area contributed by atoms with E-state index < -0.39 is 34.9 Å². The number of anilines is 2. The molecule has 2 atom stereocenters. The van der Waals surface area contributed by atoms with E-state index in [-0.39, 0.29) is 28.2 Å². The summed E-state index contributed by atoms with van der Waals surface area (Å²) >= 11 is 2.29. The Hall–Kier alpha value is -4.31. The summed E-state index contributed by atoms with van der Waals surface area (Å²) in [5, 5.41) is 25.6. The van der Waals surface area contributed by atoms with Gasteiger partial charge in [0.1, 0.15) is 22.8 Å². The van der Waals surface area contributed by atoms with E-state index in [0.29, 0.717) is 35.6 Å². The molecule has 0 aliphatic carbocycles. The van der Waals surface area contributed by atoms with Gasteiger partial charge in [-0.25, -0.2) is 14.8 Å². The Bertz CT molecular complexity index is 1520. The number of amides is 3. The van der Waals surface area contributed by atoms with Crippen molar-refractivity contribution in [3.8, 4) is 0 Å². The van der Waals surface area contributed by atoms with Gasteiger partial charge < -0.3 is 21.4 Å². The lowest BCUT2D eigenvalue weighted by Gasteiger charge is -2.49.